The Morgan fingerprint density at radius 1 is 1.09 bits per heavy atom. The normalized spacial score (nSPS) is 20.9. The summed E-state index contributed by atoms with van der Waals surface area (Å²) in [5, 5.41) is 13.3. The van der Waals surface area contributed by atoms with E-state index in [1.165, 1.54) is 6.07 Å². The molecule has 2 N–H and O–H groups in total. The summed E-state index contributed by atoms with van der Waals surface area (Å²) in [7, 11) is 0. The minimum atomic E-state index is -4.34. The maximum absolute atomic E-state index is 12.7. The Bertz CT molecular complexity index is 669. The highest BCUT2D eigenvalue weighted by atomic mass is 19.4. The molecule has 0 fully saturated rings. The van der Waals surface area contributed by atoms with Gasteiger partial charge in [-0.3, -0.25) is 0 Å². The number of aliphatic hydroxyl groups is 1. The molecule has 0 heterocycles. The molecule has 0 saturated carbocycles. The van der Waals surface area contributed by atoms with Gasteiger partial charge in [-0.1, -0.05) is 42.5 Å². The maximum atomic E-state index is 12.7. The molecule has 116 valence electrons. The quantitative estimate of drug-likeness (QED) is 0.910. The van der Waals surface area contributed by atoms with Gasteiger partial charge < -0.3 is 10.4 Å². The van der Waals surface area contributed by atoms with Crippen LogP contribution in [0.25, 0.3) is 0 Å². The molecule has 0 aliphatic heterocycles. The number of alkyl halides is 3. The van der Waals surface area contributed by atoms with E-state index in [1.54, 1.807) is 6.07 Å². The summed E-state index contributed by atoms with van der Waals surface area (Å²) < 4.78 is 38.1. The Morgan fingerprint density at radius 3 is 2.64 bits per heavy atom. The topological polar surface area (TPSA) is 32.3 Å². The van der Waals surface area contributed by atoms with E-state index in [0.717, 1.165) is 23.3 Å². The molecule has 2 aromatic carbocycles. The molecule has 1 aliphatic carbocycles. The molecule has 0 spiro atoms. The molecule has 0 amide bonds. The summed E-state index contributed by atoms with van der Waals surface area (Å²) in [5.41, 5.74) is 1.99. The standard InChI is InChI=1S/C17H16F3NO/c18-17(19,20)13-6-3-4-11(8-13)10-21-16-14-7-2-1-5-12(14)9-15(16)22/h1-8,15-16,21-22H,9-10H2/t15-,16+/m1/s1. The highest BCUT2D eigenvalue weighted by Crippen LogP contribution is 2.32. The smallest absolute Gasteiger partial charge is 0.391 e. The van der Waals surface area contributed by atoms with E-state index in [9.17, 15) is 18.3 Å². The van der Waals surface area contributed by atoms with E-state index in [2.05, 4.69) is 5.32 Å². The number of benzene rings is 2. The second kappa shape index (κ2) is 5.74. The number of nitrogens with one attached hydrogen (secondary N) is 1. The number of halogens is 3. The molecule has 22 heavy (non-hydrogen) atoms. The Kier molecular flexibility index (Phi) is 3.93. The van der Waals surface area contributed by atoms with Gasteiger partial charge in [-0.25, -0.2) is 0 Å². The zero-order valence-electron chi connectivity index (χ0n) is 11.8. The molecule has 0 aromatic heterocycles. The van der Waals surface area contributed by atoms with Gasteiger partial charge in [0.05, 0.1) is 17.7 Å². The van der Waals surface area contributed by atoms with E-state index < -0.39 is 17.8 Å². The maximum Gasteiger partial charge on any atom is 0.416 e. The number of fused-ring (bicyclic) bond motifs is 1. The highest BCUT2D eigenvalue weighted by Gasteiger charge is 2.31. The van der Waals surface area contributed by atoms with Crippen molar-refractivity contribution in [2.24, 2.45) is 0 Å². The van der Waals surface area contributed by atoms with Crippen molar-refractivity contribution in [2.45, 2.75) is 31.3 Å². The van der Waals surface area contributed by atoms with Gasteiger partial charge in [0, 0.05) is 13.0 Å². The SMILES string of the molecule is O[C@@H]1Cc2ccccc2[C@@H]1NCc1cccc(C(F)(F)F)c1. The second-order valence-corrected chi connectivity index (χ2v) is 5.53. The van der Waals surface area contributed by atoms with Crippen LogP contribution >= 0.6 is 0 Å². The fourth-order valence-corrected chi connectivity index (χ4v) is 2.91. The molecule has 0 unspecified atom stereocenters. The highest BCUT2D eigenvalue weighted by molar-refractivity contribution is 5.36. The van der Waals surface area contributed by atoms with Crippen molar-refractivity contribution in [1.29, 1.82) is 0 Å². The third kappa shape index (κ3) is 3.00. The van der Waals surface area contributed by atoms with E-state index in [0.29, 0.717) is 12.0 Å². The minimum Gasteiger partial charge on any atom is -0.391 e. The molecule has 0 saturated heterocycles. The van der Waals surface area contributed by atoms with Crippen LogP contribution in [-0.2, 0) is 19.1 Å². The molecule has 0 radical (unpaired) electrons. The number of rotatable bonds is 3. The van der Waals surface area contributed by atoms with E-state index in [-0.39, 0.29) is 12.6 Å². The monoisotopic (exact) mass is 307 g/mol. The Labute approximate surface area is 126 Å². The lowest BCUT2D eigenvalue weighted by Gasteiger charge is -2.18. The first-order valence-corrected chi connectivity index (χ1v) is 7.10. The van der Waals surface area contributed by atoms with Gasteiger partial charge in [-0.15, -0.1) is 0 Å². The van der Waals surface area contributed by atoms with Crippen LogP contribution in [0.4, 0.5) is 13.2 Å². The number of hydrogen-bond donors (Lipinski definition) is 2. The molecular weight excluding hydrogens is 291 g/mol. The van der Waals surface area contributed by atoms with Gasteiger partial charge in [0.25, 0.3) is 0 Å². The molecule has 2 atom stereocenters. The van der Waals surface area contributed by atoms with Crippen LogP contribution in [0.15, 0.2) is 48.5 Å². The van der Waals surface area contributed by atoms with Crippen LogP contribution in [0, 0.1) is 0 Å². The van der Waals surface area contributed by atoms with Gasteiger partial charge in [0.2, 0.25) is 0 Å². The van der Waals surface area contributed by atoms with Crippen molar-refractivity contribution >= 4 is 0 Å². The summed E-state index contributed by atoms with van der Waals surface area (Å²) in [6, 6.07) is 12.7. The number of aliphatic hydroxyl groups excluding tert-OH is 1. The lowest BCUT2D eigenvalue weighted by atomic mass is 10.1. The summed E-state index contributed by atoms with van der Waals surface area (Å²) >= 11 is 0. The van der Waals surface area contributed by atoms with Crippen LogP contribution < -0.4 is 5.32 Å². The molecule has 2 nitrogen and oxygen atoms in total. The molecule has 2 aromatic rings. The van der Waals surface area contributed by atoms with E-state index in [4.69, 9.17) is 0 Å². The molecule has 1 aliphatic rings. The zero-order chi connectivity index (χ0) is 15.7. The Balaban J connectivity index is 1.73. The Morgan fingerprint density at radius 2 is 1.86 bits per heavy atom. The predicted molar refractivity (Wildman–Crippen MR) is 77.2 cm³/mol. The lowest BCUT2D eigenvalue weighted by Crippen LogP contribution is -2.28. The van der Waals surface area contributed by atoms with Crippen molar-refractivity contribution in [3.8, 4) is 0 Å². The van der Waals surface area contributed by atoms with Gasteiger partial charge in [-0.05, 0) is 22.8 Å². The second-order valence-electron chi connectivity index (χ2n) is 5.53. The first-order valence-electron chi connectivity index (χ1n) is 7.10. The van der Waals surface area contributed by atoms with Crippen LogP contribution in [0.1, 0.15) is 28.3 Å². The van der Waals surface area contributed by atoms with Crippen molar-refractivity contribution in [3.63, 3.8) is 0 Å². The van der Waals surface area contributed by atoms with Gasteiger partial charge >= 0.3 is 6.18 Å². The zero-order valence-corrected chi connectivity index (χ0v) is 11.8. The first-order chi connectivity index (χ1) is 10.4. The third-order valence-electron chi connectivity index (χ3n) is 3.98. The Hall–Kier alpha value is -1.85. The average molecular weight is 307 g/mol. The van der Waals surface area contributed by atoms with Crippen molar-refractivity contribution in [1.82, 2.24) is 5.32 Å². The molecule has 5 heteroatoms. The molecular formula is C17H16F3NO. The van der Waals surface area contributed by atoms with Gasteiger partial charge in [0.15, 0.2) is 0 Å². The van der Waals surface area contributed by atoms with Crippen LogP contribution in [0.5, 0.6) is 0 Å². The summed E-state index contributed by atoms with van der Waals surface area (Å²) in [6.45, 7) is 0.278. The average Bonchev–Trinajstić information content (AvgIpc) is 2.80. The molecule has 3 rings (SSSR count). The van der Waals surface area contributed by atoms with Crippen molar-refractivity contribution in [2.75, 3.05) is 0 Å². The van der Waals surface area contributed by atoms with Crippen LogP contribution in [0.3, 0.4) is 0 Å². The van der Waals surface area contributed by atoms with Crippen molar-refractivity contribution < 1.29 is 18.3 Å². The summed E-state index contributed by atoms with van der Waals surface area (Å²) in [5.74, 6) is 0. The fourth-order valence-electron chi connectivity index (χ4n) is 2.91. The van der Waals surface area contributed by atoms with Gasteiger partial charge in [0.1, 0.15) is 0 Å². The van der Waals surface area contributed by atoms with E-state index in [1.807, 2.05) is 24.3 Å². The van der Waals surface area contributed by atoms with Crippen LogP contribution in [0.2, 0.25) is 0 Å². The van der Waals surface area contributed by atoms with Crippen LogP contribution in [-0.4, -0.2) is 11.2 Å². The summed E-state index contributed by atoms with van der Waals surface area (Å²) in [6.07, 6.45) is -4.32. The lowest BCUT2D eigenvalue weighted by molar-refractivity contribution is -0.137. The number of hydrogen-bond acceptors (Lipinski definition) is 2. The molecule has 0 bridgehead atoms. The largest absolute Gasteiger partial charge is 0.416 e. The summed E-state index contributed by atoms with van der Waals surface area (Å²) in [4.78, 5) is 0. The van der Waals surface area contributed by atoms with E-state index >= 15 is 0 Å². The van der Waals surface area contributed by atoms with Crippen molar-refractivity contribution in [3.05, 3.63) is 70.8 Å². The fraction of sp³-hybridized carbons (Fsp3) is 0.294. The third-order valence-corrected chi connectivity index (χ3v) is 3.98. The minimum absolute atomic E-state index is 0.245. The predicted octanol–water partition coefficient (Wildman–Crippen LogP) is 3.45. The first kappa shape index (κ1) is 15.1. The van der Waals surface area contributed by atoms with Gasteiger partial charge in [-0.2, -0.15) is 13.2 Å².